The Balaban J connectivity index is 1.97. The highest BCUT2D eigenvalue weighted by molar-refractivity contribution is 7.89. The van der Waals surface area contributed by atoms with Crippen molar-refractivity contribution < 1.29 is 17.6 Å². The maximum atomic E-state index is 11.5. The van der Waals surface area contributed by atoms with E-state index in [1.54, 1.807) is 6.07 Å². The van der Waals surface area contributed by atoms with Crippen molar-refractivity contribution in [1.82, 2.24) is 4.72 Å². The fourth-order valence-corrected chi connectivity index (χ4v) is 2.39. The Morgan fingerprint density at radius 2 is 1.86 bits per heavy atom. The Morgan fingerprint density at radius 3 is 2.48 bits per heavy atom. The number of sulfonamides is 1. The molecule has 0 aliphatic rings. The van der Waals surface area contributed by atoms with E-state index in [2.05, 4.69) is 10.0 Å². The normalized spacial score (nSPS) is 11.3. The summed E-state index contributed by atoms with van der Waals surface area (Å²) >= 11 is 0. The first-order valence-corrected chi connectivity index (χ1v) is 8.02. The molecule has 0 fully saturated rings. The van der Waals surface area contributed by atoms with Crippen LogP contribution in [0.3, 0.4) is 0 Å². The lowest BCUT2D eigenvalue weighted by Crippen LogP contribution is -2.17. The minimum Gasteiger partial charge on any atom is -0.494 e. The van der Waals surface area contributed by atoms with Gasteiger partial charge in [-0.2, -0.15) is 0 Å². The fraction of sp³-hybridized carbons (Fsp3) is 0.286. The number of benzene rings is 1. The molecule has 0 spiro atoms. The number of hydrogen-bond acceptors (Lipinski definition) is 5. The zero-order valence-electron chi connectivity index (χ0n) is 11.9. The summed E-state index contributed by atoms with van der Waals surface area (Å²) in [6.07, 6.45) is 0. The van der Waals surface area contributed by atoms with Crippen molar-refractivity contribution in [3.8, 4) is 5.75 Å². The average molecular weight is 310 g/mol. The minimum atomic E-state index is -3.53. The number of rotatable bonds is 7. The van der Waals surface area contributed by atoms with Crippen molar-refractivity contribution in [2.24, 2.45) is 0 Å². The summed E-state index contributed by atoms with van der Waals surface area (Å²) in [5, 5.41) is 3.06. The second kappa shape index (κ2) is 6.64. The zero-order chi connectivity index (χ0) is 15.3. The molecule has 6 nitrogen and oxygen atoms in total. The second-order valence-corrected chi connectivity index (χ2v) is 6.06. The van der Waals surface area contributed by atoms with E-state index in [0.29, 0.717) is 18.9 Å². The molecule has 0 bridgehead atoms. The first-order valence-electron chi connectivity index (χ1n) is 6.54. The van der Waals surface area contributed by atoms with Gasteiger partial charge in [0, 0.05) is 5.69 Å². The fourth-order valence-electron chi connectivity index (χ4n) is 1.72. The average Bonchev–Trinajstić information content (AvgIpc) is 2.97. The second-order valence-electron chi connectivity index (χ2n) is 4.24. The molecule has 0 atom stereocenters. The molecule has 0 saturated carbocycles. The monoisotopic (exact) mass is 310 g/mol. The van der Waals surface area contributed by atoms with Gasteiger partial charge in [0.05, 0.1) is 13.2 Å². The molecule has 0 amide bonds. The number of hydrogen-bond donors (Lipinski definition) is 2. The Labute approximate surface area is 124 Å². The number of furan rings is 1. The van der Waals surface area contributed by atoms with Crippen LogP contribution >= 0.6 is 0 Å². The molecule has 0 aliphatic carbocycles. The van der Waals surface area contributed by atoms with Gasteiger partial charge in [-0.25, -0.2) is 13.1 Å². The van der Waals surface area contributed by atoms with Crippen LogP contribution in [0.15, 0.2) is 45.9 Å². The van der Waals surface area contributed by atoms with Crippen LogP contribution in [0.5, 0.6) is 5.75 Å². The number of ether oxygens (including phenoxy) is 1. The summed E-state index contributed by atoms with van der Waals surface area (Å²) in [4.78, 5) is 0. The molecule has 2 rings (SSSR count). The summed E-state index contributed by atoms with van der Waals surface area (Å²) < 4.78 is 35.9. The summed E-state index contributed by atoms with van der Waals surface area (Å²) in [5.41, 5.74) is 0.896. The van der Waals surface area contributed by atoms with Crippen molar-refractivity contribution in [2.45, 2.75) is 18.6 Å². The predicted octanol–water partition coefficient (Wildman–Crippen LogP) is 2.20. The van der Waals surface area contributed by atoms with Crippen molar-refractivity contribution in [3.05, 3.63) is 42.2 Å². The van der Waals surface area contributed by atoms with Gasteiger partial charge >= 0.3 is 0 Å². The first-order chi connectivity index (χ1) is 10.0. The lowest BCUT2D eigenvalue weighted by Gasteiger charge is -2.06. The van der Waals surface area contributed by atoms with Gasteiger partial charge in [-0.05, 0) is 50.4 Å². The van der Waals surface area contributed by atoms with Gasteiger partial charge in [0.25, 0.3) is 10.0 Å². The summed E-state index contributed by atoms with van der Waals surface area (Å²) in [5.74, 6) is 1.35. The molecular formula is C14H18N2O4S. The van der Waals surface area contributed by atoms with Crippen molar-refractivity contribution in [3.63, 3.8) is 0 Å². The van der Waals surface area contributed by atoms with Crippen LogP contribution in [0, 0.1) is 0 Å². The van der Waals surface area contributed by atoms with Crippen LogP contribution < -0.4 is 14.8 Å². The molecule has 1 heterocycles. The van der Waals surface area contributed by atoms with E-state index in [1.807, 2.05) is 31.2 Å². The Hall–Kier alpha value is -1.99. The van der Waals surface area contributed by atoms with E-state index < -0.39 is 10.0 Å². The number of nitrogens with one attached hydrogen (secondary N) is 2. The van der Waals surface area contributed by atoms with E-state index in [4.69, 9.17) is 9.15 Å². The molecule has 2 aromatic rings. The van der Waals surface area contributed by atoms with E-state index in [9.17, 15) is 8.42 Å². The molecule has 114 valence electrons. The predicted molar refractivity (Wildman–Crippen MR) is 79.9 cm³/mol. The Kier molecular flexibility index (Phi) is 4.87. The van der Waals surface area contributed by atoms with E-state index in [0.717, 1.165) is 11.4 Å². The van der Waals surface area contributed by atoms with Crippen molar-refractivity contribution in [1.29, 1.82) is 0 Å². The van der Waals surface area contributed by atoms with Crippen LogP contribution in [0.4, 0.5) is 5.69 Å². The first kappa shape index (κ1) is 15.4. The van der Waals surface area contributed by atoms with Crippen LogP contribution in [-0.4, -0.2) is 22.1 Å². The van der Waals surface area contributed by atoms with Gasteiger partial charge in [0.2, 0.25) is 5.09 Å². The molecule has 0 unspecified atom stereocenters. The highest BCUT2D eigenvalue weighted by Gasteiger charge is 2.16. The molecule has 2 N–H and O–H groups in total. The topological polar surface area (TPSA) is 80.6 Å². The quantitative estimate of drug-likeness (QED) is 0.819. The molecule has 1 aromatic carbocycles. The van der Waals surface area contributed by atoms with E-state index in [1.165, 1.54) is 13.1 Å². The van der Waals surface area contributed by atoms with Gasteiger partial charge in [-0.15, -0.1) is 0 Å². The highest BCUT2D eigenvalue weighted by atomic mass is 32.2. The van der Waals surface area contributed by atoms with Gasteiger partial charge < -0.3 is 14.5 Å². The Bertz CT molecular complexity index is 677. The van der Waals surface area contributed by atoms with Crippen LogP contribution in [0.25, 0.3) is 0 Å². The molecule has 0 aliphatic heterocycles. The highest BCUT2D eigenvalue weighted by Crippen LogP contribution is 2.18. The van der Waals surface area contributed by atoms with Crippen LogP contribution in [0.1, 0.15) is 12.7 Å². The standard InChI is InChI=1S/C14H18N2O4S/c1-3-19-12-6-4-11(5-7-12)16-10-13-8-9-14(20-13)21(17,18)15-2/h4-9,15-16H,3,10H2,1-2H3. The third-order valence-corrected chi connectivity index (χ3v) is 4.09. The van der Waals surface area contributed by atoms with E-state index >= 15 is 0 Å². The molecule has 1 aromatic heterocycles. The van der Waals surface area contributed by atoms with Crippen molar-refractivity contribution in [2.75, 3.05) is 19.0 Å². The number of anilines is 1. The third kappa shape index (κ3) is 3.99. The lowest BCUT2D eigenvalue weighted by atomic mass is 10.3. The van der Waals surface area contributed by atoms with E-state index in [-0.39, 0.29) is 5.09 Å². The largest absolute Gasteiger partial charge is 0.494 e. The Morgan fingerprint density at radius 1 is 1.14 bits per heavy atom. The maximum Gasteiger partial charge on any atom is 0.273 e. The SMILES string of the molecule is CCOc1ccc(NCc2ccc(S(=O)(=O)NC)o2)cc1. The molecule has 0 saturated heterocycles. The lowest BCUT2D eigenvalue weighted by molar-refractivity contribution is 0.340. The third-order valence-electron chi connectivity index (χ3n) is 2.80. The molecule has 21 heavy (non-hydrogen) atoms. The molecule has 0 radical (unpaired) electrons. The smallest absolute Gasteiger partial charge is 0.273 e. The summed E-state index contributed by atoms with van der Waals surface area (Å²) in [6, 6.07) is 10.6. The van der Waals surface area contributed by atoms with Gasteiger partial charge in [-0.3, -0.25) is 0 Å². The van der Waals surface area contributed by atoms with Crippen LogP contribution in [0.2, 0.25) is 0 Å². The van der Waals surface area contributed by atoms with Gasteiger partial charge in [0.15, 0.2) is 0 Å². The maximum absolute atomic E-state index is 11.5. The summed E-state index contributed by atoms with van der Waals surface area (Å²) in [6.45, 7) is 2.95. The molecule has 7 heteroatoms. The zero-order valence-corrected chi connectivity index (χ0v) is 12.7. The minimum absolute atomic E-state index is 0.0894. The summed E-state index contributed by atoms with van der Waals surface area (Å²) in [7, 11) is -2.19. The van der Waals surface area contributed by atoms with Crippen molar-refractivity contribution >= 4 is 15.7 Å². The van der Waals surface area contributed by atoms with Crippen LogP contribution in [-0.2, 0) is 16.6 Å². The van der Waals surface area contributed by atoms with Gasteiger partial charge in [0.1, 0.15) is 11.5 Å². The van der Waals surface area contributed by atoms with Gasteiger partial charge in [-0.1, -0.05) is 0 Å². The molecular weight excluding hydrogens is 292 g/mol.